The number of nitrogens with zero attached hydrogens (tertiary/aromatic N) is 2. The van der Waals surface area contributed by atoms with Crippen LogP contribution in [0.15, 0.2) is 42.5 Å². The minimum Gasteiger partial charge on any atom is -0.478 e. The molecule has 0 aliphatic heterocycles. The van der Waals surface area contributed by atoms with Gasteiger partial charge in [0.1, 0.15) is 0 Å². The van der Waals surface area contributed by atoms with Crippen molar-refractivity contribution in [1.82, 2.24) is 9.80 Å². The summed E-state index contributed by atoms with van der Waals surface area (Å²) in [7, 11) is 3.73. The van der Waals surface area contributed by atoms with Crippen molar-refractivity contribution in [3.8, 4) is 0 Å². The van der Waals surface area contributed by atoms with Crippen molar-refractivity contribution < 1.29 is 23.5 Å². The average Bonchev–Trinajstić information content (AvgIpc) is 2.61. The molecule has 0 saturated carbocycles. The molecule has 0 atom stereocenters. The maximum absolute atomic E-state index is 13.4. The molecule has 0 spiro atoms. The van der Waals surface area contributed by atoms with E-state index in [-0.39, 0.29) is 18.0 Å². The fraction of sp³-hybridized carbons (Fsp3) is 0.263. The third-order valence-electron chi connectivity index (χ3n) is 3.84. The van der Waals surface area contributed by atoms with Gasteiger partial charge in [0.15, 0.2) is 11.6 Å². The van der Waals surface area contributed by atoms with Gasteiger partial charge in [0.25, 0.3) is 5.91 Å². The minimum atomic E-state index is -1.07. The molecule has 0 radical (unpaired) electrons. The van der Waals surface area contributed by atoms with Crippen LogP contribution in [0.5, 0.6) is 0 Å². The fourth-order valence-corrected chi connectivity index (χ4v) is 2.37. The predicted octanol–water partition coefficient (Wildman–Crippen LogP) is 2.87. The van der Waals surface area contributed by atoms with Gasteiger partial charge < -0.3 is 14.9 Å². The average molecular weight is 362 g/mol. The lowest BCUT2D eigenvalue weighted by molar-refractivity contribution is 0.0692. The summed E-state index contributed by atoms with van der Waals surface area (Å²) in [5.41, 5.74) is 0.886. The third kappa shape index (κ3) is 5.10. The second-order valence-corrected chi connectivity index (χ2v) is 6.16. The van der Waals surface area contributed by atoms with Crippen LogP contribution in [0.25, 0.3) is 0 Å². The molecule has 7 heteroatoms. The van der Waals surface area contributed by atoms with Crippen LogP contribution < -0.4 is 0 Å². The summed E-state index contributed by atoms with van der Waals surface area (Å²) in [5, 5.41) is 8.95. The second kappa shape index (κ2) is 8.53. The molecule has 0 fully saturated rings. The summed E-state index contributed by atoms with van der Waals surface area (Å²) in [6, 6.07) is 9.13. The van der Waals surface area contributed by atoms with Gasteiger partial charge in [0.05, 0.1) is 5.56 Å². The second-order valence-electron chi connectivity index (χ2n) is 6.16. The lowest BCUT2D eigenvalue weighted by atomic mass is 10.1. The smallest absolute Gasteiger partial charge is 0.335 e. The summed E-state index contributed by atoms with van der Waals surface area (Å²) in [6.07, 6.45) is 0. The first-order valence-electron chi connectivity index (χ1n) is 7.99. The number of carboxylic acids is 1. The number of carbonyl (C=O) groups is 2. The van der Waals surface area contributed by atoms with Crippen LogP contribution in [0.3, 0.4) is 0 Å². The predicted molar refractivity (Wildman–Crippen MR) is 93.1 cm³/mol. The molecule has 0 aliphatic rings. The van der Waals surface area contributed by atoms with Crippen molar-refractivity contribution in [2.24, 2.45) is 0 Å². The van der Waals surface area contributed by atoms with Gasteiger partial charge >= 0.3 is 5.97 Å². The van der Waals surface area contributed by atoms with Crippen molar-refractivity contribution in [3.05, 3.63) is 70.8 Å². The van der Waals surface area contributed by atoms with Crippen molar-refractivity contribution >= 4 is 11.9 Å². The molecule has 2 aromatic rings. The molecule has 0 heterocycles. The quantitative estimate of drug-likeness (QED) is 0.823. The van der Waals surface area contributed by atoms with E-state index in [0.29, 0.717) is 24.2 Å². The minimum absolute atomic E-state index is 0.0852. The lowest BCUT2D eigenvalue weighted by Gasteiger charge is -2.25. The van der Waals surface area contributed by atoms with Crippen molar-refractivity contribution in [2.75, 3.05) is 27.2 Å². The van der Waals surface area contributed by atoms with Gasteiger partial charge in [0.2, 0.25) is 0 Å². The van der Waals surface area contributed by atoms with Gasteiger partial charge in [-0.1, -0.05) is 6.07 Å². The number of carboxylic acid groups (broad SMARTS) is 1. The zero-order chi connectivity index (χ0) is 19.3. The van der Waals surface area contributed by atoms with Crippen LogP contribution in [0.2, 0.25) is 0 Å². The van der Waals surface area contributed by atoms with Crippen LogP contribution in [-0.2, 0) is 6.54 Å². The molecule has 5 nitrogen and oxygen atoms in total. The molecule has 26 heavy (non-hydrogen) atoms. The number of rotatable bonds is 7. The number of halogens is 2. The summed E-state index contributed by atoms with van der Waals surface area (Å²) in [4.78, 5) is 27.1. The van der Waals surface area contributed by atoms with Gasteiger partial charge in [-0.25, -0.2) is 13.6 Å². The monoisotopic (exact) mass is 362 g/mol. The molecule has 2 rings (SSSR count). The van der Waals surface area contributed by atoms with E-state index < -0.39 is 17.6 Å². The highest BCUT2D eigenvalue weighted by Crippen LogP contribution is 2.14. The van der Waals surface area contributed by atoms with Gasteiger partial charge in [-0.15, -0.1) is 0 Å². The number of aromatic carboxylic acids is 1. The Morgan fingerprint density at radius 3 is 2.08 bits per heavy atom. The summed E-state index contributed by atoms with van der Waals surface area (Å²) >= 11 is 0. The van der Waals surface area contributed by atoms with E-state index in [2.05, 4.69) is 0 Å². The Morgan fingerprint density at radius 2 is 1.54 bits per heavy atom. The first kappa shape index (κ1) is 19.5. The van der Waals surface area contributed by atoms with Crippen LogP contribution in [0.4, 0.5) is 8.78 Å². The fourth-order valence-electron chi connectivity index (χ4n) is 2.37. The van der Waals surface area contributed by atoms with Gasteiger partial charge in [-0.05, 0) is 56.1 Å². The Bertz CT molecular complexity index is 792. The molecule has 0 aromatic heterocycles. The Kier molecular flexibility index (Phi) is 6.41. The van der Waals surface area contributed by atoms with E-state index in [1.54, 1.807) is 0 Å². The van der Waals surface area contributed by atoms with Crippen LogP contribution in [-0.4, -0.2) is 54.0 Å². The molecule has 1 N–H and O–H groups in total. The van der Waals surface area contributed by atoms with E-state index in [0.717, 1.165) is 12.1 Å². The zero-order valence-corrected chi connectivity index (χ0v) is 14.6. The number of carbonyl (C=O) groups excluding carboxylic acids is 1. The number of amides is 1. The third-order valence-corrected chi connectivity index (χ3v) is 3.84. The Labute approximate surface area is 150 Å². The largest absolute Gasteiger partial charge is 0.478 e. The Balaban J connectivity index is 2.23. The summed E-state index contributed by atoms with van der Waals surface area (Å²) in [5.74, 6) is -3.29. The Morgan fingerprint density at radius 1 is 0.923 bits per heavy atom. The highest BCUT2D eigenvalue weighted by atomic mass is 19.2. The summed E-state index contributed by atoms with van der Waals surface area (Å²) < 4.78 is 26.6. The maximum atomic E-state index is 13.4. The highest BCUT2D eigenvalue weighted by molar-refractivity contribution is 5.95. The van der Waals surface area contributed by atoms with E-state index in [1.807, 2.05) is 19.0 Å². The molecule has 138 valence electrons. The zero-order valence-electron chi connectivity index (χ0n) is 14.6. The standard InChI is InChI=1S/C19H20F2N2O3/c1-22(2)9-10-23(12-13-3-8-16(20)17(21)11-13)18(24)14-4-6-15(7-5-14)19(25)26/h3-8,11H,9-10,12H2,1-2H3,(H,25,26). The molecule has 0 aliphatic carbocycles. The van der Waals surface area contributed by atoms with E-state index in [1.165, 1.54) is 35.2 Å². The van der Waals surface area contributed by atoms with E-state index in [4.69, 9.17) is 5.11 Å². The van der Waals surface area contributed by atoms with Gasteiger partial charge in [0, 0.05) is 25.2 Å². The van der Waals surface area contributed by atoms with E-state index in [9.17, 15) is 18.4 Å². The molecule has 0 saturated heterocycles. The van der Waals surface area contributed by atoms with Gasteiger partial charge in [-0.3, -0.25) is 4.79 Å². The Hall–Kier alpha value is -2.80. The number of likely N-dealkylation sites (N-methyl/N-ethyl adjacent to an activating group) is 1. The van der Waals surface area contributed by atoms with Crippen LogP contribution in [0, 0.1) is 11.6 Å². The van der Waals surface area contributed by atoms with Crippen molar-refractivity contribution in [2.45, 2.75) is 6.54 Å². The van der Waals surface area contributed by atoms with E-state index >= 15 is 0 Å². The topological polar surface area (TPSA) is 60.9 Å². The summed E-state index contributed by atoms with van der Waals surface area (Å²) in [6.45, 7) is 1.08. The van der Waals surface area contributed by atoms with Crippen LogP contribution in [0.1, 0.15) is 26.3 Å². The molecule has 0 bridgehead atoms. The first-order valence-corrected chi connectivity index (χ1v) is 7.99. The number of benzene rings is 2. The highest BCUT2D eigenvalue weighted by Gasteiger charge is 2.18. The molecular weight excluding hydrogens is 342 g/mol. The van der Waals surface area contributed by atoms with Crippen molar-refractivity contribution in [1.29, 1.82) is 0 Å². The van der Waals surface area contributed by atoms with Crippen LogP contribution >= 0.6 is 0 Å². The number of hydrogen-bond acceptors (Lipinski definition) is 3. The SMILES string of the molecule is CN(C)CCN(Cc1ccc(F)c(F)c1)C(=O)c1ccc(C(=O)O)cc1. The first-order chi connectivity index (χ1) is 12.3. The van der Waals surface area contributed by atoms with Gasteiger partial charge in [-0.2, -0.15) is 0 Å². The molecule has 2 aromatic carbocycles. The lowest BCUT2D eigenvalue weighted by Crippen LogP contribution is -2.36. The normalized spacial score (nSPS) is 10.8. The van der Waals surface area contributed by atoms with Crippen molar-refractivity contribution in [3.63, 3.8) is 0 Å². The molecular formula is C19H20F2N2O3. The number of hydrogen-bond donors (Lipinski definition) is 1. The molecule has 0 unspecified atom stereocenters. The maximum Gasteiger partial charge on any atom is 0.335 e. The molecule has 1 amide bonds.